The lowest BCUT2D eigenvalue weighted by molar-refractivity contribution is 0.0989. The normalized spacial score (nSPS) is 10.5. The van der Waals surface area contributed by atoms with E-state index in [0.717, 1.165) is 24.1 Å². The van der Waals surface area contributed by atoms with Gasteiger partial charge in [-0.2, -0.15) is 0 Å². The summed E-state index contributed by atoms with van der Waals surface area (Å²) in [5.74, 6) is -1.83. The number of carbonyl (C=O) groups excluding carboxylic acids is 1. The van der Waals surface area contributed by atoms with Crippen molar-refractivity contribution in [3.8, 4) is 0 Å². The maximum Gasteiger partial charge on any atom is 0.170 e. The Kier molecular flexibility index (Phi) is 4.05. The Morgan fingerprint density at radius 2 is 1.63 bits per heavy atom. The van der Waals surface area contributed by atoms with Crippen molar-refractivity contribution >= 4 is 5.78 Å². The van der Waals surface area contributed by atoms with Gasteiger partial charge < -0.3 is 0 Å². The maximum absolute atomic E-state index is 13.5. The fourth-order valence-corrected chi connectivity index (χ4v) is 1.89. The number of Topliss-reactive ketones (excluding diaryl/α,β-unsaturated/α-hetero) is 1. The molecule has 0 unspecified atom stereocenters. The summed E-state index contributed by atoms with van der Waals surface area (Å²) in [6.45, 7) is 2.05. The lowest BCUT2D eigenvalue weighted by Gasteiger charge is -2.04. The van der Waals surface area contributed by atoms with Crippen LogP contribution in [0.5, 0.6) is 0 Å². The van der Waals surface area contributed by atoms with E-state index in [2.05, 4.69) is 0 Å². The molecule has 0 N–H and O–H groups in total. The van der Waals surface area contributed by atoms with E-state index in [4.69, 9.17) is 0 Å². The number of ketones is 1. The highest BCUT2D eigenvalue weighted by Gasteiger charge is 2.12. The Hall–Kier alpha value is -2.03. The first-order chi connectivity index (χ1) is 9.10. The first-order valence-corrected chi connectivity index (χ1v) is 6.16. The van der Waals surface area contributed by atoms with Crippen LogP contribution in [0.15, 0.2) is 42.5 Å². The van der Waals surface area contributed by atoms with Crippen LogP contribution in [0, 0.1) is 11.6 Å². The Morgan fingerprint density at radius 1 is 1.00 bits per heavy atom. The minimum atomic E-state index is -0.810. The van der Waals surface area contributed by atoms with Crippen LogP contribution in [0.3, 0.4) is 0 Å². The van der Waals surface area contributed by atoms with Gasteiger partial charge >= 0.3 is 0 Å². The summed E-state index contributed by atoms with van der Waals surface area (Å²) < 4.78 is 26.2. The minimum Gasteiger partial charge on any atom is -0.294 e. The quantitative estimate of drug-likeness (QED) is 0.761. The van der Waals surface area contributed by atoms with E-state index in [-0.39, 0.29) is 17.8 Å². The van der Waals surface area contributed by atoms with Crippen molar-refractivity contribution < 1.29 is 13.6 Å². The van der Waals surface area contributed by atoms with Gasteiger partial charge in [0.05, 0.1) is 5.56 Å². The molecule has 2 rings (SSSR count). The summed E-state index contributed by atoms with van der Waals surface area (Å²) in [5.41, 5.74) is 1.94. The highest BCUT2D eigenvalue weighted by Crippen LogP contribution is 2.14. The van der Waals surface area contributed by atoms with Crippen molar-refractivity contribution in [1.82, 2.24) is 0 Å². The highest BCUT2D eigenvalue weighted by atomic mass is 19.1. The molecule has 0 bridgehead atoms. The maximum atomic E-state index is 13.5. The van der Waals surface area contributed by atoms with Crippen molar-refractivity contribution in [3.63, 3.8) is 0 Å². The molecule has 0 heterocycles. The zero-order chi connectivity index (χ0) is 13.8. The molecule has 0 saturated heterocycles. The van der Waals surface area contributed by atoms with Crippen LogP contribution >= 0.6 is 0 Å². The van der Waals surface area contributed by atoms with Crippen LogP contribution in [0.4, 0.5) is 8.78 Å². The molecule has 0 radical (unpaired) electrons. The number of halogens is 2. The number of benzene rings is 2. The van der Waals surface area contributed by atoms with Gasteiger partial charge in [0.1, 0.15) is 11.6 Å². The number of aryl methyl sites for hydroxylation is 1. The molecule has 2 aromatic rings. The van der Waals surface area contributed by atoms with Gasteiger partial charge in [-0.3, -0.25) is 4.79 Å². The second-order valence-corrected chi connectivity index (χ2v) is 4.39. The number of hydrogen-bond donors (Lipinski definition) is 0. The molecule has 0 atom stereocenters. The second kappa shape index (κ2) is 5.74. The van der Waals surface area contributed by atoms with Crippen molar-refractivity contribution in [3.05, 3.63) is 70.8 Å². The fourth-order valence-electron chi connectivity index (χ4n) is 1.89. The molecule has 0 aliphatic rings. The van der Waals surface area contributed by atoms with Crippen LogP contribution in [-0.2, 0) is 12.8 Å². The molecule has 0 amide bonds. The molecule has 19 heavy (non-hydrogen) atoms. The van der Waals surface area contributed by atoms with Crippen molar-refractivity contribution in [2.24, 2.45) is 0 Å². The average molecular weight is 260 g/mol. The van der Waals surface area contributed by atoms with E-state index < -0.39 is 11.6 Å². The predicted octanol–water partition coefficient (Wildman–Crippen LogP) is 3.95. The molecule has 0 aliphatic heterocycles. The first-order valence-electron chi connectivity index (χ1n) is 6.16. The zero-order valence-electron chi connectivity index (χ0n) is 10.6. The second-order valence-electron chi connectivity index (χ2n) is 4.39. The summed E-state index contributed by atoms with van der Waals surface area (Å²) >= 11 is 0. The molecule has 3 heteroatoms. The molecule has 98 valence electrons. The largest absolute Gasteiger partial charge is 0.294 e. The predicted molar refractivity (Wildman–Crippen MR) is 70.2 cm³/mol. The highest BCUT2D eigenvalue weighted by molar-refractivity contribution is 5.97. The van der Waals surface area contributed by atoms with Crippen molar-refractivity contribution in [2.45, 2.75) is 19.8 Å². The van der Waals surface area contributed by atoms with Gasteiger partial charge in [-0.1, -0.05) is 31.2 Å². The number of hydrogen-bond acceptors (Lipinski definition) is 1. The molecular weight excluding hydrogens is 246 g/mol. The van der Waals surface area contributed by atoms with Gasteiger partial charge in [-0.25, -0.2) is 8.78 Å². The summed E-state index contributed by atoms with van der Waals surface area (Å²) in [6.07, 6.45) is 1.05. The molecule has 0 saturated carbocycles. The van der Waals surface area contributed by atoms with Crippen molar-refractivity contribution in [2.75, 3.05) is 0 Å². The Bertz CT molecular complexity index is 588. The van der Waals surface area contributed by atoms with Gasteiger partial charge in [-0.15, -0.1) is 0 Å². The molecule has 0 fully saturated rings. The van der Waals surface area contributed by atoms with Crippen molar-refractivity contribution in [1.29, 1.82) is 0 Å². The average Bonchev–Trinajstić information content (AvgIpc) is 2.39. The van der Waals surface area contributed by atoms with E-state index in [9.17, 15) is 13.6 Å². The fraction of sp³-hybridized carbons (Fsp3) is 0.188. The van der Waals surface area contributed by atoms with Crippen LogP contribution in [0.1, 0.15) is 28.4 Å². The third kappa shape index (κ3) is 3.25. The Labute approximate surface area is 110 Å². The van der Waals surface area contributed by atoms with E-state index in [1.54, 1.807) is 0 Å². The van der Waals surface area contributed by atoms with Gasteiger partial charge in [-0.05, 0) is 29.7 Å². The van der Waals surface area contributed by atoms with Crippen LogP contribution in [0.2, 0.25) is 0 Å². The Morgan fingerprint density at radius 3 is 2.21 bits per heavy atom. The summed E-state index contributed by atoms with van der Waals surface area (Å²) in [6, 6.07) is 10.6. The lowest BCUT2D eigenvalue weighted by atomic mass is 10.0. The van der Waals surface area contributed by atoms with Gasteiger partial charge in [0.25, 0.3) is 0 Å². The van der Waals surface area contributed by atoms with Crippen LogP contribution in [-0.4, -0.2) is 5.78 Å². The summed E-state index contributed by atoms with van der Waals surface area (Å²) in [4.78, 5) is 11.9. The van der Waals surface area contributed by atoms with Gasteiger partial charge in [0.2, 0.25) is 0 Å². The number of rotatable bonds is 4. The third-order valence-electron chi connectivity index (χ3n) is 3.03. The molecule has 1 nitrogen and oxygen atoms in total. The van der Waals surface area contributed by atoms with E-state index >= 15 is 0 Å². The molecule has 0 spiro atoms. The van der Waals surface area contributed by atoms with E-state index in [1.165, 1.54) is 11.6 Å². The molecule has 0 aromatic heterocycles. The molecule has 0 aliphatic carbocycles. The SMILES string of the molecule is CCc1ccc(CC(=O)c2ccc(F)cc2F)cc1. The van der Waals surface area contributed by atoms with Crippen LogP contribution < -0.4 is 0 Å². The van der Waals surface area contributed by atoms with Gasteiger partial charge in [0.15, 0.2) is 5.78 Å². The zero-order valence-corrected chi connectivity index (χ0v) is 10.6. The van der Waals surface area contributed by atoms with E-state index in [1.807, 2.05) is 31.2 Å². The third-order valence-corrected chi connectivity index (χ3v) is 3.03. The standard InChI is InChI=1S/C16H14F2O/c1-2-11-3-5-12(6-4-11)9-16(19)14-8-7-13(17)10-15(14)18/h3-8,10H,2,9H2,1H3. The first kappa shape index (κ1) is 13.4. The topological polar surface area (TPSA) is 17.1 Å². The van der Waals surface area contributed by atoms with Gasteiger partial charge in [0, 0.05) is 12.5 Å². The minimum absolute atomic E-state index is 0.0685. The smallest absolute Gasteiger partial charge is 0.170 e. The Balaban J connectivity index is 2.15. The lowest BCUT2D eigenvalue weighted by Crippen LogP contribution is -2.06. The van der Waals surface area contributed by atoms with Crippen LogP contribution in [0.25, 0.3) is 0 Å². The molecular formula is C16H14F2O. The monoisotopic (exact) mass is 260 g/mol. The molecule has 2 aromatic carbocycles. The summed E-state index contributed by atoms with van der Waals surface area (Å²) in [7, 11) is 0. The van der Waals surface area contributed by atoms with E-state index in [0.29, 0.717) is 0 Å². The number of carbonyl (C=O) groups is 1. The summed E-state index contributed by atoms with van der Waals surface area (Å²) in [5, 5.41) is 0.